The Balaban J connectivity index is 2.92. The van der Waals surface area contributed by atoms with Gasteiger partial charge in [0.2, 0.25) is 0 Å². The minimum absolute atomic E-state index is 0.301. The van der Waals surface area contributed by atoms with Crippen molar-refractivity contribution >= 4 is 0 Å². The Morgan fingerprint density at radius 1 is 1.20 bits per heavy atom. The van der Waals surface area contributed by atoms with Crippen LogP contribution in [-0.2, 0) is 10.3 Å². The fraction of sp³-hybridized carbons (Fsp3) is 0.500. The van der Waals surface area contributed by atoms with Crippen LogP contribution in [0, 0.1) is 0 Å². The molecule has 3 nitrogen and oxygen atoms in total. The maximum atomic E-state index is 10.3. The Kier molecular flexibility index (Phi) is 4.12. The van der Waals surface area contributed by atoms with E-state index in [-0.39, 0.29) is 0 Å². The van der Waals surface area contributed by atoms with Crippen LogP contribution in [-0.4, -0.2) is 25.9 Å². The van der Waals surface area contributed by atoms with Crippen LogP contribution in [0.4, 0.5) is 0 Å². The maximum Gasteiger partial charge on any atom is 0.118 e. The fourth-order valence-corrected chi connectivity index (χ4v) is 1.53. The number of aliphatic hydroxyl groups is 1. The van der Waals surface area contributed by atoms with Gasteiger partial charge in [0, 0.05) is 7.11 Å². The van der Waals surface area contributed by atoms with Crippen molar-refractivity contribution in [1.29, 1.82) is 0 Å². The highest BCUT2D eigenvalue weighted by atomic mass is 16.5. The van der Waals surface area contributed by atoms with Gasteiger partial charge in [-0.15, -0.1) is 0 Å². The van der Waals surface area contributed by atoms with Crippen molar-refractivity contribution in [3.8, 4) is 5.75 Å². The molecule has 0 radical (unpaired) electrons. The van der Waals surface area contributed by atoms with Gasteiger partial charge in [-0.2, -0.15) is 0 Å². The minimum atomic E-state index is -0.902. The largest absolute Gasteiger partial charge is 0.497 e. The lowest BCUT2D eigenvalue weighted by molar-refractivity contribution is -0.0386. The predicted molar refractivity (Wildman–Crippen MR) is 59.1 cm³/mol. The summed E-state index contributed by atoms with van der Waals surface area (Å²) in [4.78, 5) is 0. The average molecular weight is 210 g/mol. The average Bonchev–Trinajstić information content (AvgIpc) is 2.29. The van der Waals surface area contributed by atoms with Crippen molar-refractivity contribution in [2.24, 2.45) is 0 Å². The van der Waals surface area contributed by atoms with Gasteiger partial charge >= 0.3 is 0 Å². The summed E-state index contributed by atoms with van der Waals surface area (Å²) in [5, 5.41) is 10.3. The van der Waals surface area contributed by atoms with Crippen LogP contribution >= 0.6 is 0 Å². The minimum Gasteiger partial charge on any atom is -0.497 e. The summed E-state index contributed by atoms with van der Waals surface area (Å²) in [6, 6.07) is 7.40. The summed E-state index contributed by atoms with van der Waals surface area (Å²) in [7, 11) is 3.21. The molecule has 84 valence electrons. The second kappa shape index (κ2) is 5.14. The van der Waals surface area contributed by atoms with Crippen molar-refractivity contribution in [3.05, 3.63) is 29.8 Å². The Labute approximate surface area is 90.6 Å². The van der Waals surface area contributed by atoms with Gasteiger partial charge in [0.05, 0.1) is 13.7 Å². The third-order valence-electron chi connectivity index (χ3n) is 2.60. The molecule has 0 saturated heterocycles. The van der Waals surface area contributed by atoms with E-state index in [0.717, 1.165) is 11.3 Å². The molecule has 0 aliphatic carbocycles. The lowest BCUT2D eigenvalue weighted by atomic mass is 9.92. The summed E-state index contributed by atoms with van der Waals surface area (Å²) >= 11 is 0. The van der Waals surface area contributed by atoms with E-state index in [1.165, 1.54) is 0 Å². The van der Waals surface area contributed by atoms with Crippen LogP contribution < -0.4 is 4.74 Å². The number of rotatable bonds is 5. The molecule has 0 saturated carbocycles. The van der Waals surface area contributed by atoms with E-state index in [4.69, 9.17) is 9.47 Å². The lowest BCUT2D eigenvalue weighted by Gasteiger charge is -2.26. The van der Waals surface area contributed by atoms with Crippen LogP contribution in [0.5, 0.6) is 5.75 Å². The van der Waals surface area contributed by atoms with E-state index in [1.807, 2.05) is 31.2 Å². The zero-order chi connectivity index (χ0) is 11.3. The Bertz CT molecular complexity index is 294. The Morgan fingerprint density at radius 2 is 1.80 bits per heavy atom. The first kappa shape index (κ1) is 12.0. The van der Waals surface area contributed by atoms with Gasteiger partial charge in [0.1, 0.15) is 11.4 Å². The Morgan fingerprint density at radius 3 is 2.20 bits per heavy atom. The molecule has 15 heavy (non-hydrogen) atoms. The molecule has 1 unspecified atom stereocenters. The van der Waals surface area contributed by atoms with Crippen LogP contribution in [0.1, 0.15) is 18.9 Å². The van der Waals surface area contributed by atoms with Crippen molar-refractivity contribution in [1.82, 2.24) is 0 Å². The number of benzene rings is 1. The molecule has 0 aromatic heterocycles. The van der Waals surface area contributed by atoms with Crippen molar-refractivity contribution in [2.75, 3.05) is 20.8 Å². The molecular formula is C12H18O3. The quantitative estimate of drug-likeness (QED) is 0.807. The molecule has 1 aromatic carbocycles. The molecule has 0 fully saturated rings. The predicted octanol–water partition coefficient (Wildman–Crippen LogP) is 1.94. The summed E-state index contributed by atoms with van der Waals surface area (Å²) in [5.74, 6) is 0.787. The highest BCUT2D eigenvalue weighted by Crippen LogP contribution is 2.26. The number of ether oxygens (including phenoxy) is 2. The molecule has 0 heterocycles. The molecule has 0 aliphatic rings. The number of hydrogen-bond donors (Lipinski definition) is 1. The first-order valence-corrected chi connectivity index (χ1v) is 5.02. The van der Waals surface area contributed by atoms with Crippen molar-refractivity contribution in [3.63, 3.8) is 0 Å². The second-order valence-corrected chi connectivity index (χ2v) is 3.55. The Hall–Kier alpha value is -1.06. The topological polar surface area (TPSA) is 38.7 Å². The van der Waals surface area contributed by atoms with Crippen LogP contribution in [0.3, 0.4) is 0 Å². The van der Waals surface area contributed by atoms with Crippen LogP contribution in [0.25, 0.3) is 0 Å². The lowest BCUT2D eigenvalue weighted by Crippen LogP contribution is -2.30. The monoisotopic (exact) mass is 210 g/mol. The normalized spacial score (nSPS) is 14.7. The SMILES string of the molecule is CCC(O)(COC)c1ccc(OC)cc1. The standard InChI is InChI=1S/C12H18O3/c1-4-12(13,9-14-2)10-5-7-11(15-3)8-6-10/h5-8,13H,4,9H2,1-3H3. The van der Waals surface area contributed by atoms with Crippen molar-refractivity contribution in [2.45, 2.75) is 18.9 Å². The summed E-state index contributed by atoms with van der Waals surface area (Å²) in [6.07, 6.45) is 0.618. The van der Waals surface area contributed by atoms with Gasteiger partial charge in [-0.3, -0.25) is 0 Å². The van der Waals surface area contributed by atoms with Gasteiger partial charge in [-0.1, -0.05) is 19.1 Å². The van der Waals surface area contributed by atoms with Gasteiger partial charge in [-0.25, -0.2) is 0 Å². The molecule has 1 atom stereocenters. The highest BCUT2D eigenvalue weighted by molar-refractivity contribution is 5.30. The smallest absolute Gasteiger partial charge is 0.118 e. The van der Waals surface area contributed by atoms with E-state index >= 15 is 0 Å². The maximum absolute atomic E-state index is 10.3. The number of hydrogen-bond acceptors (Lipinski definition) is 3. The van der Waals surface area contributed by atoms with E-state index < -0.39 is 5.60 Å². The molecule has 0 bridgehead atoms. The molecule has 0 amide bonds. The zero-order valence-corrected chi connectivity index (χ0v) is 9.49. The summed E-state index contributed by atoms with van der Waals surface area (Å²) in [5.41, 5.74) is -0.0475. The van der Waals surface area contributed by atoms with E-state index in [2.05, 4.69) is 0 Å². The first-order valence-electron chi connectivity index (χ1n) is 5.02. The molecule has 0 spiro atoms. The molecular weight excluding hydrogens is 192 g/mol. The second-order valence-electron chi connectivity index (χ2n) is 3.55. The first-order chi connectivity index (χ1) is 7.16. The van der Waals surface area contributed by atoms with Gasteiger partial charge in [0.15, 0.2) is 0 Å². The molecule has 3 heteroatoms. The molecule has 1 N–H and O–H groups in total. The molecule has 0 aliphatic heterocycles. The van der Waals surface area contributed by atoms with E-state index in [0.29, 0.717) is 13.0 Å². The fourth-order valence-electron chi connectivity index (χ4n) is 1.53. The van der Waals surface area contributed by atoms with Crippen molar-refractivity contribution < 1.29 is 14.6 Å². The third-order valence-corrected chi connectivity index (χ3v) is 2.60. The van der Waals surface area contributed by atoms with Gasteiger partial charge < -0.3 is 14.6 Å². The number of methoxy groups -OCH3 is 2. The summed E-state index contributed by atoms with van der Waals surface area (Å²) in [6.45, 7) is 2.24. The van der Waals surface area contributed by atoms with E-state index in [9.17, 15) is 5.11 Å². The van der Waals surface area contributed by atoms with Crippen LogP contribution in [0.15, 0.2) is 24.3 Å². The zero-order valence-electron chi connectivity index (χ0n) is 9.49. The van der Waals surface area contributed by atoms with Crippen LogP contribution in [0.2, 0.25) is 0 Å². The van der Waals surface area contributed by atoms with Gasteiger partial charge in [-0.05, 0) is 24.1 Å². The van der Waals surface area contributed by atoms with Gasteiger partial charge in [0.25, 0.3) is 0 Å². The molecule has 1 aromatic rings. The summed E-state index contributed by atoms with van der Waals surface area (Å²) < 4.78 is 10.1. The highest BCUT2D eigenvalue weighted by Gasteiger charge is 2.26. The van der Waals surface area contributed by atoms with E-state index in [1.54, 1.807) is 14.2 Å². The molecule has 1 rings (SSSR count). The third kappa shape index (κ3) is 2.70.